The van der Waals surface area contributed by atoms with E-state index in [0.29, 0.717) is 0 Å². The fourth-order valence-corrected chi connectivity index (χ4v) is 2.09. The summed E-state index contributed by atoms with van der Waals surface area (Å²) in [4.78, 5) is 69.0. The zero-order valence-corrected chi connectivity index (χ0v) is 15.6. The molecule has 0 heterocycles. The van der Waals surface area contributed by atoms with E-state index in [4.69, 9.17) is 22.3 Å². The van der Waals surface area contributed by atoms with E-state index in [1.807, 2.05) is 0 Å². The van der Waals surface area contributed by atoms with Crippen molar-refractivity contribution in [3.8, 4) is 0 Å². The molecule has 0 saturated carbocycles. The first-order valence-corrected chi connectivity index (χ1v) is 8.52. The summed E-state index contributed by atoms with van der Waals surface area (Å²) in [7, 11) is 0. The molecule has 0 rings (SSSR count). The predicted octanol–water partition coefficient (Wildman–Crippen LogP) is -4.99. The van der Waals surface area contributed by atoms with E-state index in [2.05, 4.69) is 16.0 Å². The molecule has 0 aromatic rings. The number of aliphatic hydroxyl groups is 1. The lowest BCUT2D eigenvalue weighted by Crippen LogP contribution is -2.57. The van der Waals surface area contributed by atoms with Crippen LogP contribution in [0.2, 0.25) is 0 Å². The smallest absolute Gasteiger partial charge is 0.326 e. The number of primary amides is 2. The van der Waals surface area contributed by atoms with Gasteiger partial charge >= 0.3 is 5.97 Å². The van der Waals surface area contributed by atoms with E-state index in [-0.39, 0.29) is 25.7 Å². The van der Waals surface area contributed by atoms with Crippen LogP contribution in [0.1, 0.15) is 25.7 Å². The number of rotatable bonds is 14. The van der Waals surface area contributed by atoms with Gasteiger partial charge in [-0.2, -0.15) is 0 Å². The van der Waals surface area contributed by atoms with Crippen molar-refractivity contribution in [2.45, 2.75) is 43.8 Å². The quantitative estimate of drug-likeness (QED) is 0.134. The Bertz CT molecular complexity index is 640. The van der Waals surface area contributed by atoms with Crippen molar-refractivity contribution >= 4 is 35.5 Å². The minimum absolute atomic E-state index is 0.280. The van der Waals surface area contributed by atoms with Crippen LogP contribution >= 0.6 is 0 Å². The van der Waals surface area contributed by atoms with Crippen molar-refractivity contribution in [1.29, 1.82) is 0 Å². The Kier molecular flexibility index (Phi) is 11.5. The molecule has 0 spiro atoms. The molecular weight excluding hydrogens is 392 g/mol. The zero-order valence-electron chi connectivity index (χ0n) is 15.6. The summed E-state index contributed by atoms with van der Waals surface area (Å²) in [6, 6.07) is -4.32. The third-order valence-electron chi connectivity index (χ3n) is 3.63. The third-order valence-corrected chi connectivity index (χ3v) is 3.63. The highest BCUT2D eigenvalue weighted by atomic mass is 16.4. The number of nitrogens with two attached hydrogens (primary N) is 3. The molecular formula is C15H26N6O8. The second-order valence-electron chi connectivity index (χ2n) is 5.98. The van der Waals surface area contributed by atoms with Crippen molar-refractivity contribution < 1.29 is 39.0 Å². The third kappa shape index (κ3) is 10.6. The minimum Gasteiger partial charge on any atom is -0.480 e. The fourth-order valence-electron chi connectivity index (χ4n) is 2.09. The van der Waals surface area contributed by atoms with Crippen LogP contribution in [0.5, 0.6) is 0 Å². The molecule has 11 N–H and O–H groups in total. The topological polar surface area (TPSA) is 257 Å². The summed E-state index contributed by atoms with van der Waals surface area (Å²) in [5, 5.41) is 24.8. The molecule has 3 atom stereocenters. The van der Waals surface area contributed by atoms with E-state index in [1.165, 1.54) is 0 Å². The molecule has 0 aliphatic heterocycles. The van der Waals surface area contributed by atoms with Gasteiger partial charge in [-0.3, -0.25) is 24.0 Å². The average molecular weight is 418 g/mol. The number of hydrogen-bond acceptors (Lipinski definition) is 8. The van der Waals surface area contributed by atoms with Gasteiger partial charge in [-0.25, -0.2) is 4.79 Å². The summed E-state index contributed by atoms with van der Waals surface area (Å²) >= 11 is 0. The first-order valence-electron chi connectivity index (χ1n) is 8.52. The van der Waals surface area contributed by atoms with Gasteiger partial charge in [0.2, 0.25) is 29.5 Å². The number of carboxylic acids is 1. The van der Waals surface area contributed by atoms with Gasteiger partial charge in [-0.1, -0.05) is 0 Å². The van der Waals surface area contributed by atoms with Gasteiger partial charge in [0.1, 0.15) is 18.1 Å². The molecule has 0 aliphatic rings. The Hall–Kier alpha value is -3.26. The van der Waals surface area contributed by atoms with Crippen molar-refractivity contribution in [2.24, 2.45) is 17.2 Å². The fraction of sp³-hybridized carbons (Fsp3) is 0.600. The van der Waals surface area contributed by atoms with E-state index >= 15 is 0 Å². The Morgan fingerprint density at radius 1 is 0.759 bits per heavy atom. The summed E-state index contributed by atoms with van der Waals surface area (Å²) in [6.45, 7) is -1.26. The lowest BCUT2D eigenvalue weighted by atomic mass is 10.1. The van der Waals surface area contributed by atoms with Crippen LogP contribution in [0, 0.1) is 0 Å². The summed E-state index contributed by atoms with van der Waals surface area (Å²) in [5.41, 5.74) is 15.1. The van der Waals surface area contributed by atoms with Gasteiger partial charge in [-0.05, 0) is 12.8 Å². The molecule has 14 nitrogen and oxygen atoms in total. The molecule has 0 aliphatic carbocycles. The van der Waals surface area contributed by atoms with Crippen molar-refractivity contribution in [2.75, 3.05) is 13.2 Å². The van der Waals surface area contributed by atoms with Crippen LogP contribution in [-0.4, -0.2) is 77.0 Å². The largest absolute Gasteiger partial charge is 0.480 e. The highest BCUT2D eigenvalue weighted by Crippen LogP contribution is 2.03. The lowest BCUT2D eigenvalue weighted by molar-refractivity contribution is -0.142. The summed E-state index contributed by atoms with van der Waals surface area (Å²) < 4.78 is 0. The van der Waals surface area contributed by atoms with E-state index < -0.39 is 66.8 Å². The normalized spacial score (nSPS) is 13.4. The number of carboxylic acid groups (broad SMARTS) is 1. The maximum absolute atomic E-state index is 12.4. The van der Waals surface area contributed by atoms with Gasteiger partial charge < -0.3 is 43.4 Å². The van der Waals surface area contributed by atoms with Crippen LogP contribution in [-0.2, 0) is 28.8 Å². The number of carbonyl (C=O) groups is 6. The van der Waals surface area contributed by atoms with E-state index in [9.17, 15) is 33.9 Å². The number of amides is 5. The van der Waals surface area contributed by atoms with Gasteiger partial charge in [0.05, 0.1) is 13.2 Å². The summed E-state index contributed by atoms with van der Waals surface area (Å²) in [5.74, 6) is -5.68. The van der Waals surface area contributed by atoms with Crippen LogP contribution in [0.4, 0.5) is 0 Å². The highest BCUT2D eigenvalue weighted by Gasteiger charge is 2.29. The number of aliphatic hydroxyl groups excluding tert-OH is 1. The first kappa shape index (κ1) is 25.7. The van der Waals surface area contributed by atoms with Crippen molar-refractivity contribution in [1.82, 2.24) is 16.0 Å². The lowest BCUT2D eigenvalue weighted by Gasteiger charge is -2.23. The Morgan fingerprint density at radius 3 is 1.62 bits per heavy atom. The molecule has 14 heteroatoms. The zero-order chi connectivity index (χ0) is 22.6. The maximum Gasteiger partial charge on any atom is 0.326 e. The number of nitrogens with one attached hydrogen (secondary N) is 3. The van der Waals surface area contributed by atoms with E-state index in [0.717, 1.165) is 0 Å². The van der Waals surface area contributed by atoms with Crippen LogP contribution in [0.15, 0.2) is 0 Å². The Balaban J connectivity index is 5.25. The van der Waals surface area contributed by atoms with Gasteiger partial charge in [0, 0.05) is 12.8 Å². The van der Waals surface area contributed by atoms with Crippen molar-refractivity contribution in [3.05, 3.63) is 0 Å². The van der Waals surface area contributed by atoms with Crippen LogP contribution < -0.4 is 33.2 Å². The molecule has 29 heavy (non-hydrogen) atoms. The molecule has 0 fully saturated rings. The summed E-state index contributed by atoms with van der Waals surface area (Å²) in [6.07, 6.45) is -1.21. The van der Waals surface area contributed by atoms with Gasteiger partial charge in [0.25, 0.3) is 0 Å². The molecule has 0 aromatic carbocycles. The molecule has 164 valence electrons. The van der Waals surface area contributed by atoms with Crippen LogP contribution in [0.25, 0.3) is 0 Å². The molecule has 0 radical (unpaired) electrons. The van der Waals surface area contributed by atoms with Crippen molar-refractivity contribution in [3.63, 3.8) is 0 Å². The number of aliphatic carboxylic acids is 1. The predicted molar refractivity (Wildman–Crippen MR) is 96.4 cm³/mol. The average Bonchev–Trinajstić information content (AvgIpc) is 2.64. The second-order valence-corrected chi connectivity index (χ2v) is 5.98. The molecule has 0 bridgehead atoms. The van der Waals surface area contributed by atoms with Gasteiger partial charge in [0.15, 0.2) is 0 Å². The maximum atomic E-state index is 12.4. The Morgan fingerprint density at radius 2 is 1.21 bits per heavy atom. The van der Waals surface area contributed by atoms with Gasteiger partial charge in [-0.15, -0.1) is 0 Å². The molecule has 0 aromatic heterocycles. The molecule has 0 saturated heterocycles. The van der Waals surface area contributed by atoms with E-state index in [1.54, 1.807) is 0 Å². The minimum atomic E-state index is -1.48. The number of carbonyl (C=O) groups excluding carboxylic acids is 5. The monoisotopic (exact) mass is 418 g/mol. The first-order chi connectivity index (χ1) is 13.5. The number of hydrogen-bond donors (Lipinski definition) is 8. The Labute approximate surface area is 165 Å². The second kappa shape index (κ2) is 13.0. The molecule has 5 amide bonds. The SMILES string of the molecule is NCC(=O)NC(CO)C(=O)NC(CCC(N)=O)C(=O)NC(CCC(N)=O)C(=O)O. The standard InChI is InChI=1S/C15H26N6O8/c16-5-12(25)19-9(6-22)14(27)20-7(1-3-10(17)23)13(26)21-8(15(28)29)2-4-11(18)24/h7-9,22H,1-6,16H2,(H2,17,23)(H2,18,24)(H,19,25)(H,20,27)(H,21,26)(H,28,29). The highest BCUT2D eigenvalue weighted by molar-refractivity contribution is 5.94. The van der Waals surface area contributed by atoms with Crippen LogP contribution in [0.3, 0.4) is 0 Å². The molecule has 3 unspecified atom stereocenters.